The van der Waals surface area contributed by atoms with E-state index in [2.05, 4.69) is 35.9 Å². The summed E-state index contributed by atoms with van der Waals surface area (Å²) in [6, 6.07) is 10.3. The van der Waals surface area contributed by atoms with Crippen LogP contribution >= 0.6 is 0 Å². The molecule has 2 aromatic rings. The van der Waals surface area contributed by atoms with E-state index in [1.54, 1.807) is 6.20 Å². The molecular formula is C21H25N3O. The maximum absolute atomic E-state index is 12.6. The fourth-order valence-corrected chi connectivity index (χ4v) is 4.37. The average molecular weight is 335 g/mol. The van der Waals surface area contributed by atoms with Gasteiger partial charge in [-0.1, -0.05) is 44.2 Å². The molecule has 25 heavy (non-hydrogen) atoms. The van der Waals surface area contributed by atoms with E-state index in [9.17, 15) is 4.79 Å². The van der Waals surface area contributed by atoms with E-state index in [1.807, 2.05) is 18.2 Å². The number of hydrogen-bond acceptors (Lipinski definition) is 4. The van der Waals surface area contributed by atoms with Crippen LogP contribution in [-0.4, -0.2) is 28.8 Å². The maximum atomic E-state index is 12.6. The molecule has 1 fully saturated rings. The second kappa shape index (κ2) is 6.58. The van der Waals surface area contributed by atoms with E-state index in [0.29, 0.717) is 23.8 Å². The number of rotatable bonds is 2. The van der Waals surface area contributed by atoms with Crippen molar-refractivity contribution in [2.75, 3.05) is 18.0 Å². The molecule has 130 valence electrons. The number of Topliss-reactive ketones (excluding diaryl/α,β-unsaturated/α-hetero) is 1. The minimum Gasteiger partial charge on any atom is -0.340 e. The molecule has 0 amide bonds. The molecule has 0 N–H and O–H groups in total. The van der Waals surface area contributed by atoms with Crippen LogP contribution < -0.4 is 4.90 Å². The summed E-state index contributed by atoms with van der Waals surface area (Å²) >= 11 is 0. The highest BCUT2D eigenvalue weighted by molar-refractivity contribution is 5.98. The molecule has 0 bridgehead atoms. The number of carbonyl (C=O) groups is 1. The molecule has 4 nitrogen and oxygen atoms in total. The molecule has 0 saturated carbocycles. The molecule has 4 heteroatoms. The Morgan fingerprint density at radius 2 is 1.76 bits per heavy atom. The van der Waals surface area contributed by atoms with E-state index >= 15 is 0 Å². The highest BCUT2D eigenvalue weighted by Crippen LogP contribution is 2.33. The monoisotopic (exact) mass is 335 g/mol. The molecule has 1 aliphatic heterocycles. The smallest absolute Gasteiger partial charge is 0.225 e. The first-order chi connectivity index (χ1) is 12.1. The number of aromatic nitrogens is 2. The lowest BCUT2D eigenvalue weighted by molar-refractivity contribution is 0.0962. The van der Waals surface area contributed by atoms with Crippen LogP contribution in [0, 0.1) is 11.8 Å². The highest BCUT2D eigenvalue weighted by Gasteiger charge is 2.30. The van der Waals surface area contributed by atoms with E-state index in [-0.39, 0.29) is 11.7 Å². The van der Waals surface area contributed by atoms with Crippen molar-refractivity contribution in [3.63, 3.8) is 0 Å². The van der Waals surface area contributed by atoms with Crippen molar-refractivity contribution < 1.29 is 4.79 Å². The minimum atomic E-state index is 0.169. The molecule has 1 saturated heterocycles. The number of fused-ring (bicyclic) bond motifs is 1. The largest absolute Gasteiger partial charge is 0.340 e. The van der Waals surface area contributed by atoms with Gasteiger partial charge in [0, 0.05) is 25.7 Å². The molecule has 1 aromatic carbocycles. The Bertz CT molecular complexity index is 764. The molecule has 0 unspecified atom stereocenters. The first-order valence-corrected chi connectivity index (χ1v) is 9.29. The predicted octanol–water partition coefficient (Wildman–Crippen LogP) is 3.87. The number of carbonyl (C=O) groups excluding carboxylic acids is 1. The number of benzene rings is 1. The van der Waals surface area contributed by atoms with E-state index in [0.717, 1.165) is 31.2 Å². The molecule has 1 aromatic heterocycles. The standard InChI is InChI=1S/C21H25N3O/c1-14-8-15(2)13-24(12-14)21-22-11-18-19(23-21)9-17(10-20(18)25)16-6-4-3-5-7-16/h3-7,11,14-15,17H,8-10,12-13H2,1-2H3/t14-,15-,17-/m1/s1. The van der Waals surface area contributed by atoms with Crippen molar-refractivity contribution in [2.45, 2.75) is 39.0 Å². The fourth-order valence-electron chi connectivity index (χ4n) is 4.37. The highest BCUT2D eigenvalue weighted by atomic mass is 16.1. The van der Waals surface area contributed by atoms with Crippen molar-refractivity contribution in [1.29, 1.82) is 0 Å². The average Bonchev–Trinajstić information content (AvgIpc) is 2.61. The van der Waals surface area contributed by atoms with Crippen LogP contribution in [0.15, 0.2) is 36.5 Å². The Morgan fingerprint density at radius 3 is 2.48 bits per heavy atom. The minimum absolute atomic E-state index is 0.169. The summed E-state index contributed by atoms with van der Waals surface area (Å²) < 4.78 is 0. The lowest BCUT2D eigenvalue weighted by atomic mass is 9.82. The topological polar surface area (TPSA) is 46.1 Å². The Hall–Kier alpha value is -2.23. The molecule has 2 heterocycles. The van der Waals surface area contributed by atoms with Gasteiger partial charge in [-0.15, -0.1) is 0 Å². The van der Waals surface area contributed by atoms with Gasteiger partial charge in [0.05, 0.1) is 11.3 Å². The Labute approximate surface area is 149 Å². The molecule has 4 rings (SSSR count). The quantitative estimate of drug-likeness (QED) is 0.836. The van der Waals surface area contributed by atoms with E-state index < -0.39 is 0 Å². The van der Waals surface area contributed by atoms with Gasteiger partial charge in [-0.25, -0.2) is 9.97 Å². The van der Waals surface area contributed by atoms with Gasteiger partial charge in [-0.2, -0.15) is 0 Å². The second-order valence-corrected chi connectivity index (χ2v) is 7.82. The third kappa shape index (κ3) is 3.30. The van der Waals surface area contributed by atoms with Crippen LogP contribution in [0.5, 0.6) is 0 Å². The maximum Gasteiger partial charge on any atom is 0.225 e. The Morgan fingerprint density at radius 1 is 1.04 bits per heavy atom. The van der Waals surface area contributed by atoms with Crippen molar-refractivity contribution in [1.82, 2.24) is 9.97 Å². The summed E-state index contributed by atoms with van der Waals surface area (Å²) in [6.45, 7) is 6.57. The fraction of sp³-hybridized carbons (Fsp3) is 0.476. The summed E-state index contributed by atoms with van der Waals surface area (Å²) in [4.78, 5) is 24.2. The number of anilines is 1. The second-order valence-electron chi connectivity index (χ2n) is 7.82. The predicted molar refractivity (Wildman–Crippen MR) is 99.0 cm³/mol. The molecule has 2 aliphatic rings. The van der Waals surface area contributed by atoms with Crippen LogP contribution in [0.1, 0.15) is 54.2 Å². The molecule has 0 spiro atoms. The zero-order valence-corrected chi connectivity index (χ0v) is 15.0. The number of nitrogens with zero attached hydrogens (tertiary/aromatic N) is 3. The summed E-state index contributed by atoms with van der Waals surface area (Å²) in [7, 11) is 0. The summed E-state index contributed by atoms with van der Waals surface area (Å²) in [5.41, 5.74) is 2.86. The van der Waals surface area contributed by atoms with Crippen LogP contribution in [0.25, 0.3) is 0 Å². The van der Waals surface area contributed by atoms with Gasteiger partial charge in [0.15, 0.2) is 5.78 Å². The summed E-state index contributed by atoms with van der Waals surface area (Å²) in [5, 5.41) is 0. The van der Waals surface area contributed by atoms with Gasteiger partial charge in [-0.3, -0.25) is 4.79 Å². The molecule has 0 radical (unpaired) electrons. The Balaban J connectivity index is 1.62. The number of piperidine rings is 1. The third-order valence-corrected chi connectivity index (χ3v) is 5.45. The van der Waals surface area contributed by atoms with Crippen LogP contribution in [0.4, 0.5) is 5.95 Å². The van der Waals surface area contributed by atoms with Crippen molar-refractivity contribution in [3.05, 3.63) is 53.3 Å². The zero-order valence-electron chi connectivity index (χ0n) is 15.0. The first-order valence-electron chi connectivity index (χ1n) is 9.29. The van der Waals surface area contributed by atoms with Gasteiger partial charge in [0.2, 0.25) is 5.95 Å². The van der Waals surface area contributed by atoms with Crippen LogP contribution in [-0.2, 0) is 6.42 Å². The zero-order chi connectivity index (χ0) is 17.4. The summed E-state index contributed by atoms with van der Waals surface area (Å²) in [6.07, 6.45) is 4.39. The van der Waals surface area contributed by atoms with E-state index in [4.69, 9.17) is 4.98 Å². The van der Waals surface area contributed by atoms with Gasteiger partial charge in [0.25, 0.3) is 0 Å². The van der Waals surface area contributed by atoms with Crippen molar-refractivity contribution in [2.24, 2.45) is 11.8 Å². The molecule has 3 atom stereocenters. The molecular weight excluding hydrogens is 310 g/mol. The van der Waals surface area contributed by atoms with E-state index in [1.165, 1.54) is 12.0 Å². The Kier molecular flexibility index (Phi) is 4.28. The lowest BCUT2D eigenvalue weighted by Crippen LogP contribution is -2.40. The number of ketones is 1. The van der Waals surface area contributed by atoms with Crippen LogP contribution in [0.2, 0.25) is 0 Å². The van der Waals surface area contributed by atoms with Gasteiger partial charge in [0.1, 0.15) is 0 Å². The van der Waals surface area contributed by atoms with Crippen molar-refractivity contribution >= 4 is 11.7 Å². The van der Waals surface area contributed by atoms with Crippen LogP contribution in [0.3, 0.4) is 0 Å². The van der Waals surface area contributed by atoms with Gasteiger partial charge in [-0.05, 0) is 36.2 Å². The van der Waals surface area contributed by atoms with Crippen molar-refractivity contribution in [3.8, 4) is 0 Å². The first kappa shape index (κ1) is 16.2. The van der Waals surface area contributed by atoms with Gasteiger partial charge >= 0.3 is 0 Å². The normalized spacial score (nSPS) is 26.4. The SMILES string of the molecule is C[C@@H]1C[C@@H](C)CN(c2ncc3c(n2)C[C@@H](c2ccccc2)CC3=O)C1. The lowest BCUT2D eigenvalue weighted by Gasteiger charge is -2.35. The molecule has 1 aliphatic carbocycles. The number of hydrogen-bond donors (Lipinski definition) is 0. The third-order valence-electron chi connectivity index (χ3n) is 5.45. The van der Waals surface area contributed by atoms with Gasteiger partial charge < -0.3 is 4.90 Å². The summed E-state index contributed by atoms with van der Waals surface area (Å²) in [5.74, 6) is 2.49.